The Labute approximate surface area is 165 Å². The van der Waals surface area contributed by atoms with Gasteiger partial charge in [0.05, 0.1) is 16.8 Å². The molecule has 0 aliphatic rings. The zero-order valence-corrected chi connectivity index (χ0v) is 16.5. The normalized spacial score (nSPS) is 11.1. The Morgan fingerprint density at radius 3 is 2.70 bits per heavy atom. The van der Waals surface area contributed by atoms with Crippen molar-refractivity contribution < 1.29 is 9.76 Å². The molecule has 3 rings (SSSR count). The molecule has 138 valence electrons. The summed E-state index contributed by atoms with van der Waals surface area (Å²) in [4.78, 5) is 15.7. The molecule has 0 amide bonds. The number of nitrogens with zero attached hydrogens (tertiary/aromatic N) is 3. The highest BCUT2D eigenvalue weighted by Crippen LogP contribution is 2.26. The molecule has 0 fully saturated rings. The number of aromatic nitrogens is 1. The first-order chi connectivity index (χ1) is 13.0. The number of nitro groups is 1. The van der Waals surface area contributed by atoms with Crippen LogP contribution < -0.4 is 0 Å². The van der Waals surface area contributed by atoms with Crippen molar-refractivity contribution in [3.63, 3.8) is 0 Å². The molecule has 0 aliphatic heterocycles. The maximum Gasteiger partial charge on any atom is 0.269 e. The van der Waals surface area contributed by atoms with E-state index in [1.54, 1.807) is 18.3 Å². The van der Waals surface area contributed by atoms with Gasteiger partial charge in [-0.25, -0.2) is 0 Å². The second-order valence-electron chi connectivity index (χ2n) is 6.05. The number of para-hydroxylation sites is 1. The van der Waals surface area contributed by atoms with E-state index in [0.717, 1.165) is 27.1 Å². The van der Waals surface area contributed by atoms with Crippen molar-refractivity contribution in [1.82, 2.24) is 4.57 Å². The van der Waals surface area contributed by atoms with Crippen LogP contribution in [0.4, 0.5) is 5.69 Å². The van der Waals surface area contributed by atoms with Gasteiger partial charge in [0.15, 0.2) is 0 Å². The highest BCUT2D eigenvalue weighted by Gasteiger charge is 2.11. The number of nitro benzene ring substituents is 1. The van der Waals surface area contributed by atoms with Crippen LogP contribution in [-0.2, 0) is 11.4 Å². The quantitative estimate of drug-likeness (QED) is 0.303. The van der Waals surface area contributed by atoms with Crippen molar-refractivity contribution in [1.29, 1.82) is 0 Å². The molecule has 0 radical (unpaired) electrons. The Balaban J connectivity index is 1.73. The van der Waals surface area contributed by atoms with Crippen LogP contribution >= 0.6 is 15.9 Å². The summed E-state index contributed by atoms with van der Waals surface area (Å²) >= 11 is 3.59. The fraction of sp³-hybridized carbons (Fsp3) is 0.150. The van der Waals surface area contributed by atoms with Crippen molar-refractivity contribution in [3.8, 4) is 5.69 Å². The molecule has 0 saturated carbocycles. The molecule has 6 nitrogen and oxygen atoms in total. The molecule has 27 heavy (non-hydrogen) atoms. The summed E-state index contributed by atoms with van der Waals surface area (Å²) in [5.74, 6) is 0. The average Bonchev–Trinajstić information content (AvgIpc) is 2.93. The first-order valence-corrected chi connectivity index (χ1v) is 9.09. The predicted octanol–water partition coefficient (Wildman–Crippen LogP) is 5.32. The van der Waals surface area contributed by atoms with Gasteiger partial charge in [-0.05, 0) is 53.5 Å². The predicted molar refractivity (Wildman–Crippen MR) is 108 cm³/mol. The van der Waals surface area contributed by atoms with Crippen LogP contribution in [0.15, 0.2) is 64.2 Å². The lowest BCUT2D eigenvalue weighted by molar-refractivity contribution is -0.384. The fourth-order valence-electron chi connectivity index (χ4n) is 2.89. The Hall–Kier alpha value is -2.93. The van der Waals surface area contributed by atoms with Gasteiger partial charge in [0.25, 0.3) is 5.69 Å². The molecule has 0 aliphatic carbocycles. The third kappa shape index (κ3) is 4.25. The Bertz CT molecular complexity index is 1010. The summed E-state index contributed by atoms with van der Waals surface area (Å²) < 4.78 is 3.16. The van der Waals surface area contributed by atoms with Gasteiger partial charge in [-0.1, -0.05) is 29.4 Å². The van der Waals surface area contributed by atoms with Crippen LogP contribution in [-0.4, -0.2) is 15.7 Å². The topological polar surface area (TPSA) is 69.7 Å². The lowest BCUT2D eigenvalue weighted by Gasteiger charge is -2.11. The van der Waals surface area contributed by atoms with E-state index < -0.39 is 4.92 Å². The lowest BCUT2D eigenvalue weighted by atomic mass is 10.2. The smallest absolute Gasteiger partial charge is 0.269 e. The van der Waals surface area contributed by atoms with Crippen LogP contribution in [0.3, 0.4) is 0 Å². The summed E-state index contributed by atoms with van der Waals surface area (Å²) in [6.45, 7) is 4.23. The first-order valence-electron chi connectivity index (χ1n) is 8.30. The Morgan fingerprint density at radius 1 is 1.19 bits per heavy atom. The van der Waals surface area contributed by atoms with E-state index in [0.29, 0.717) is 5.56 Å². The van der Waals surface area contributed by atoms with Gasteiger partial charge in [-0.2, -0.15) is 0 Å². The molecule has 3 aromatic rings. The fourth-order valence-corrected chi connectivity index (χ4v) is 3.35. The Morgan fingerprint density at radius 2 is 1.96 bits per heavy atom. The van der Waals surface area contributed by atoms with Crippen LogP contribution in [0, 0.1) is 24.0 Å². The number of rotatable bonds is 6. The average molecular weight is 428 g/mol. The highest BCUT2D eigenvalue weighted by atomic mass is 79.9. The highest BCUT2D eigenvalue weighted by molar-refractivity contribution is 9.10. The summed E-state index contributed by atoms with van der Waals surface area (Å²) in [6.07, 6.45) is 1.66. The monoisotopic (exact) mass is 427 g/mol. The van der Waals surface area contributed by atoms with E-state index in [1.807, 2.05) is 44.2 Å². The van der Waals surface area contributed by atoms with Crippen molar-refractivity contribution in [2.24, 2.45) is 5.16 Å². The zero-order valence-electron chi connectivity index (χ0n) is 14.9. The molecular formula is C20H18BrN3O3. The van der Waals surface area contributed by atoms with Crippen LogP contribution in [0.5, 0.6) is 0 Å². The largest absolute Gasteiger partial charge is 0.391 e. The van der Waals surface area contributed by atoms with E-state index in [2.05, 4.69) is 25.7 Å². The molecular weight excluding hydrogens is 410 g/mol. The van der Waals surface area contributed by atoms with Crippen molar-refractivity contribution in [2.75, 3.05) is 0 Å². The summed E-state index contributed by atoms with van der Waals surface area (Å²) in [5.41, 5.74) is 4.87. The number of oxime groups is 1. The maximum atomic E-state index is 10.8. The van der Waals surface area contributed by atoms with E-state index in [1.165, 1.54) is 12.1 Å². The minimum atomic E-state index is -0.427. The van der Waals surface area contributed by atoms with E-state index in [4.69, 9.17) is 4.84 Å². The van der Waals surface area contributed by atoms with Crippen molar-refractivity contribution in [2.45, 2.75) is 20.5 Å². The molecule has 0 atom stereocenters. The van der Waals surface area contributed by atoms with Gasteiger partial charge >= 0.3 is 0 Å². The van der Waals surface area contributed by atoms with Gasteiger partial charge in [0.1, 0.15) is 6.61 Å². The number of aryl methyl sites for hydroxylation is 1. The van der Waals surface area contributed by atoms with E-state index in [-0.39, 0.29) is 12.3 Å². The van der Waals surface area contributed by atoms with Gasteiger partial charge < -0.3 is 9.40 Å². The van der Waals surface area contributed by atoms with Crippen molar-refractivity contribution >= 4 is 27.8 Å². The molecule has 0 spiro atoms. The van der Waals surface area contributed by atoms with Crippen LogP contribution in [0.2, 0.25) is 0 Å². The molecule has 0 N–H and O–H groups in total. The van der Waals surface area contributed by atoms with Crippen LogP contribution in [0.25, 0.3) is 5.69 Å². The lowest BCUT2D eigenvalue weighted by Crippen LogP contribution is -2.00. The van der Waals surface area contributed by atoms with Crippen LogP contribution in [0.1, 0.15) is 22.5 Å². The van der Waals surface area contributed by atoms with E-state index >= 15 is 0 Å². The minimum absolute atomic E-state index is 0.0389. The SMILES string of the molecule is Cc1cc(/C=N\OCc2cccc([N+](=O)[O-])c2)c(C)n1-c1ccccc1Br. The minimum Gasteiger partial charge on any atom is -0.391 e. The molecule has 1 aromatic heterocycles. The molecule has 0 unspecified atom stereocenters. The van der Waals surface area contributed by atoms with E-state index in [9.17, 15) is 10.1 Å². The number of halogens is 1. The number of hydrogen-bond acceptors (Lipinski definition) is 4. The van der Waals surface area contributed by atoms with Gasteiger partial charge in [0.2, 0.25) is 0 Å². The standard InChI is InChI=1S/C20H18BrN3O3/c1-14-10-17(15(2)23(14)20-9-4-3-8-19(20)21)12-22-27-13-16-6-5-7-18(11-16)24(25)26/h3-12H,13H2,1-2H3/b22-12-. The Kier molecular flexibility index (Phi) is 5.71. The summed E-state index contributed by atoms with van der Waals surface area (Å²) in [7, 11) is 0. The van der Waals surface area contributed by atoms with Gasteiger partial charge in [-0.15, -0.1) is 0 Å². The zero-order chi connectivity index (χ0) is 19.4. The second kappa shape index (κ2) is 8.18. The molecule has 0 bridgehead atoms. The number of hydrogen-bond donors (Lipinski definition) is 0. The maximum absolute atomic E-state index is 10.8. The van der Waals surface area contributed by atoms with Crippen molar-refractivity contribution in [3.05, 3.63) is 91.7 Å². The summed E-state index contributed by atoms with van der Waals surface area (Å²) in [6, 6.07) is 16.4. The third-order valence-electron chi connectivity index (χ3n) is 4.18. The second-order valence-corrected chi connectivity index (χ2v) is 6.90. The molecule has 2 aromatic carbocycles. The molecule has 7 heteroatoms. The van der Waals surface area contributed by atoms with Gasteiger partial charge in [0, 0.05) is 33.6 Å². The third-order valence-corrected chi connectivity index (χ3v) is 4.85. The molecule has 1 heterocycles. The number of benzene rings is 2. The van der Waals surface area contributed by atoms with Gasteiger partial charge in [-0.3, -0.25) is 10.1 Å². The molecule has 0 saturated heterocycles. The number of non-ortho nitro benzene ring substituents is 1. The first kappa shape index (κ1) is 18.8. The summed E-state index contributed by atoms with van der Waals surface area (Å²) in [5, 5.41) is 14.8.